The molecule has 0 aliphatic carbocycles. The minimum atomic E-state index is -3.83. The third-order valence-electron chi connectivity index (χ3n) is 3.31. The largest absolute Gasteiger partial charge is 0.550 e. The zero-order valence-corrected chi connectivity index (χ0v) is 14.9. The van der Waals surface area contributed by atoms with Crippen LogP contribution < -0.4 is 9.94 Å². The lowest BCUT2D eigenvalue weighted by Gasteiger charge is -2.10. The van der Waals surface area contributed by atoms with E-state index in [-0.39, 0.29) is 17.7 Å². The summed E-state index contributed by atoms with van der Waals surface area (Å²) < 4.78 is 24.9. The highest BCUT2D eigenvalue weighted by Gasteiger charge is 2.17. The van der Waals surface area contributed by atoms with Crippen molar-refractivity contribution >= 4 is 33.0 Å². The molecule has 24 heavy (non-hydrogen) atoms. The normalized spacial score (nSPS) is 12.2. The summed E-state index contributed by atoms with van der Waals surface area (Å²) in [5, 5.41) is 16.4. The SMILES string of the molecule is Cc1ccc(C)c(S(=O)(=O)N/N=C(/CCC(=O)[O-])c2cccs2)c1. The molecular weight excluding hydrogens is 348 g/mol. The number of aliphatic carboxylic acids is 1. The maximum Gasteiger partial charge on any atom is 0.276 e. The van der Waals surface area contributed by atoms with Crippen molar-refractivity contribution in [3.63, 3.8) is 0 Å². The van der Waals surface area contributed by atoms with Gasteiger partial charge in [-0.15, -0.1) is 11.3 Å². The Balaban J connectivity index is 2.29. The number of hydrazone groups is 1. The Morgan fingerprint density at radius 3 is 2.62 bits per heavy atom. The molecule has 0 spiro atoms. The van der Waals surface area contributed by atoms with Gasteiger partial charge in [0.2, 0.25) is 0 Å². The molecule has 0 radical (unpaired) electrons. The second-order valence-electron chi connectivity index (χ2n) is 5.27. The van der Waals surface area contributed by atoms with E-state index < -0.39 is 16.0 Å². The fourth-order valence-corrected chi connectivity index (χ4v) is 3.96. The predicted molar refractivity (Wildman–Crippen MR) is 91.3 cm³/mol. The predicted octanol–water partition coefficient (Wildman–Crippen LogP) is 1.58. The average molecular weight is 365 g/mol. The number of nitrogens with one attached hydrogen (secondary N) is 1. The fraction of sp³-hybridized carbons (Fsp3) is 0.250. The van der Waals surface area contributed by atoms with Gasteiger partial charge in [-0.1, -0.05) is 18.2 Å². The maximum absolute atomic E-state index is 12.5. The van der Waals surface area contributed by atoms with Crippen LogP contribution in [0.3, 0.4) is 0 Å². The summed E-state index contributed by atoms with van der Waals surface area (Å²) in [6, 6.07) is 8.66. The molecule has 0 aliphatic heterocycles. The number of rotatable bonds is 7. The Morgan fingerprint density at radius 1 is 1.25 bits per heavy atom. The lowest BCUT2D eigenvalue weighted by molar-refractivity contribution is -0.305. The molecule has 128 valence electrons. The second kappa shape index (κ2) is 7.59. The molecule has 1 aromatic heterocycles. The Morgan fingerprint density at radius 2 is 2.00 bits per heavy atom. The lowest BCUT2D eigenvalue weighted by atomic mass is 10.2. The summed E-state index contributed by atoms with van der Waals surface area (Å²) in [5.74, 6) is -1.21. The zero-order chi connectivity index (χ0) is 17.7. The molecule has 1 heterocycles. The van der Waals surface area contributed by atoms with E-state index in [2.05, 4.69) is 9.93 Å². The number of aryl methyl sites for hydroxylation is 2. The molecule has 0 bridgehead atoms. The average Bonchev–Trinajstić information content (AvgIpc) is 3.03. The topological polar surface area (TPSA) is 98.7 Å². The van der Waals surface area contributed by atoms with Crippen molar-refractivity contribution in [3.05, 3.63) is 51.7 Å². The molecule has 0 saturated heterocycles. The molecule has 0 amide bonds. The Labute approximate surface area is 144 Å². The number of thiophene rings is 1. The quantitative estimate of drug-likeness (QED) is 0.595. The number of carboxylic acids is 1. The van der Waals surface area contributed by atoms with Crippen LogP contribution in [0.15, 0.2) is 45.7 Å². The summed E-state index contributed by atoms with van der Waals surface area (Å²) in [7, 11) is -3.83. The molecule has 8 heteroatoms. The summed E-state index contributed by atoms with van der Waals surface area (Å²) in [5.41, 5.74) is 1.79. The monoisotopic (exact) mass is 365 g/mol. The van der Waals surface area contributed by atoms with Gasteiger partial charge >= 0.3 is 0 Å². The van der Waals surface area contributed by atoms with E-state index in [9.17, 15) is 18.3 Å². The third kappa shape index (κ3) is 4.65. The molecule has 1 aromatic carbocycles. The van der Waals surface area contributed by atoms with Gasteiger partial charge in [0.1, 0.15) is 0 Å². The first kappa shape index (κ1) is 18.2. The van der Waals surface area contributed by atoms with Crippen LogP contribution in [-0.2, 0) is 14.8 Å². The van der Waals surface area contributed by atoms with Gasteiger partial charge in [0.05, 0.1) is 15.5 Å². The van der Waals surface area contributed by atoms with Crippen LogP contribution in [0.2, 0.25) is 0 Å². The number of carbonyl (C=O) groups excluding carboxylic acids is 1. The van der Waals surface area contributed by atoms with Crippen LogP contribution in [0.25, 0.3) is 0 Å². The van der Waals surface area contributed by atoms with E-state index in [0.29, 0.717) is 16.2 Å². The first-order valence-corrected chi connectivity index (χ1v) is 9.55. The Hall–Kier alpha value is -2.19. The van der Waals surface area contributed by atoms with Gasteiger partial charge in [0.15, 0.2) is 0 Å². The third-order valence-corrected chi connectivity index (χ3v) is 5.57. The number of carbonyl (C=O) groups is 1. The number of nitrogens with zero attached hydrogens (tertiary/aromatic N) is 1. The van der Waals surface area contributed by atoms with E-state index in [0.717, 1.165) is 5.56 Å². The van der Waals surface area contributed by atoms with Crippen molar-refractivity contribution in [2.45, 2.75) is 31.6 Å². The minimum Gasteiger partial charge on any atom is -0.550 e. The molecule has 2 aromatic rings. The highest BCUT2D eigenvalue weighted by Crippen LogP contribution is 2.18. The van der Waals surface area contributed by atoms with Gasteiger partial charge < -0.3 is 9.90 Å². The molecule has 1 N–H and O–H groups in total. The molecule has 6 nitrogen and oxygen atoms in total. The van der Waals surface area contributed by atoms with Gasteiger partial charge in [0, 0.05) is 5.97 Å². The van der Waals surface area contributed by atoms with E-state index in [1.165, 1.54) is 11.3 Å². The van der Waals surface area contributed by atoms with Crippen molar-refractivity contribution in [2.24, 2.45) is 5.10 Å². The van der Waals surface area contributed by atoms with E-state index in [4.69, 9.17) is 0 Å². The van der Waals surface area contributed by atoms with Gasteiger partial charge in [0.25, 0.3) is 10.0 Å². The van der Waals surface area contributed by atoms with E-state index >= 15 is 0 Å². The molecule has 0 atom stereocenters. The number of hydrogen-bond donors (Lipinski definition) is 1. The van der Waals surface area contributed by atoms with Gasteiger partial charge in [-0.25, -0.2) is 0 Å². The zero-order valence-electron chi connectivity index (χ0n) is 13.3. The summed E-state index contributed by atoms with van der Waals surface area (Å²) >= 11 is 1.36. The molecule has 0 fully saturated rings. The van der Waals surface area contributed by atoms with Crippen LogP contribution >= 0.6 is 11.3 Å². The van der Waals surface area contributed by atoms with Crippen molar-refractivity contribution in [3.8, 4) is 0 Å². The molecule has 2 rings (SSSR count). The van der Waals surface area contributed by atoms with Crippen molar-refractivity contribution in [1.82, 2.24) is 4.83 Å². The van der Waals surface area contributed by atoms with Crippen LogP contribution in [0, 0.1) is 13.8 Å². The number of sulfonamides is 1. The summed E-state index contributed by atoms with van der Waals surface area (Å²) in [6.07, 6.45) is -0.153. The van der Waals surface area contributed by atoms with Gasteiger partial charge in [-0.3, -0.25) is 0 Å². The van der Waals surface area contributed by atoms with Gasteiger partial charge in [-0.05, 0) is 55.3 Å². The first-order valence-electron chi connectivity index (χ1n) is 7.19. The first-order chi connectivity index (χ1) is 11.3. The molecule has 0 unspecified atom stereocenters. The van der Waals surface area contributed by atoms with Crippen molar-refractivity contribution in [2.75, 3.05) is 0 Å². The minimum absolute atomic E-state index is 0.0815. The summed E-state index contributed by atoms with van der Waals surface area (Å²) in [4.78, 5) is 13.7. The summed E-state index contributed by atoms with van der Waals surface area (Å²) in [6.45, 7) is 3.51. The number of carboxylic acid groups (broad SMARTS) is 1. The maximum atomic E-state index is 12.5. The molecule has 0 aliphatic rings. The van der Waals surface area contributed by atoms with Crippen LogP contribution in [0.4, 0.5) is 0 Å². The number of hydrogen-bond acceptors (Lipinski definition) is 6. The highest BCUT2D eigenvalue weighted by atomic mass is 32.2. The fourth-order valence-electron chi connectivity index (χ4n) is 2.06. The van der Waals surface area contributed by atoms with Crippen molar-refractivity contribution < 1.29 is 18.3 Å². The van der Waals surface area contributed by atoms with Crippen LogP contribution in [0.1, 0.15) is 28.8 Å². The smallest absolute Gasteiger partial charge is 0.276 e. The highest BCUT2D eigenvalue weighted by molar-refractivity contribution is 7.89. The molecular formula is C16H17N2O4S2-. The second-order valence-corrected chi connectivity index (χ2v) is 7.85. The Bertz CT molecular complexity index is 856. The number of benzene rings is 1. The van der Waals surface area contributed by atoms with Crippen molar-refractivity contribution in [1.29, 1.82) is 0 Å². The standard InChI is InChI=1S/C16H18N2O4S2/c1-11-5-6-12(2)15(10-11)24(21,22)18-17-13(7-8-16(19)20)14-4-3-9-23-14/h3-6,9-10,18H,7-8H2,1-2H3,(H,19,20)/p-1/b17-13-. The van der Waals surface area contributed by atoms with Gasteiger partial charge in [-0.2, -0.15) is 18.4 Å². The van der Waals surface area contributed by atoms with Crippen LogP contribution in [0.5, 0.6) is 0 Å². The van der Waals surface area contributed by atoms with E-state index in [1.54, 1.807) is 38.1 Å². The Kier molecular flexibility index (Phi) is 5.74. The van der Waals surface area contributed by atoms with E-state index in [1.807, 2.05) is 11.4 Å². The molecule has 0 saturated carbocycles. The van der Waals surface area contributed by atoms with Crippen LogP contribution in [-0.4, -0.2) is 20.1 Å². The lowest BCUT2D eigenvalue weighted by Crippen LogP contribution is -2.24.